The topological polar surface area (TPSA) is 127 Å². The summed E-state index contributed by atoms with van der Waals surface area (Å²) < 4.78 is 11.4. The third kappa shape index (κ3) is 6.69. The van der Waals surface area contributed by atoms with Crippen LogP contribution in [0.2, 0.25) is 0 Å². The van der Waals surface area contributed by atoms with Crippen LogP contribution < -0.4 is 15.4 Å². The van der Waals surface area contributed by atoms with Crippen LogP contribution >= 0.6 is 0 Å². The van der Waals surface area contributed by atoms with Crippen LogP contribution in [0.3, 0.4) is 0 Å². The second-order valence-corrected chi connectivity index (χ2v) is 9.04. The fourth-order valence-electron chi connectivity index (χ4n) is 4.67. The van der Waals surface area contributed by atoms with E-state index in [4.69, 9.17) is 14.3 Å². The van der Waals surface area contributed by atoms with E-state index >= 15 is 0 Å². The molecule has 0 bridgehead atoms. The highest BCUT2D eigenvalue weighted by atomic mass is 16.5. The van der Waals surface area contributed by atoms with Gasteiger partial charge in [0.05, 0.1) is 12.0 Å². The Morgan fingerprint density at radius 2 is 1.73 bits per heavy atom. The van der Waals surface area contributed by atoms with Crippen molar-refractivity contribution in [2.24, 2.45) is 11.8 Å². The molecule has 178 valence electrons. The van der Waals surface area contributed by atoms with Crippen molar-refractivity contribution in [3.05, 3.63) is 30.2 Å². The molecule has 9 nitrogen and oxygen atoms in total. The van der Waals surface area contributed by atoms with Gasteiger partial charge in [0.15, 0.2) is 0 Å². The third-order valence-electron chi connectivity index (χ3n) is 6.61. The molecule has 0 unspecified atom stereocenters. The van der Waals surface area contributed by atoms with E-state index in [0.717, 1.165) is 31.7 Å². The van der Waals surface area contributed by atoms with Gasteiger partial charge in [-0.2, -0.15) is 0 Å². The highest BCUT2D eigenvalue weighted by Crippen LogP contribution is 2.29. The number of rotatable bonds is 9. The summed E-state index contributed by atoms with van der Waals surface area (Å²) >= 11 is 0. The lowest BCUT2D eigenvalue weighted by molar-refractivity contribution is -0.143. The molecule has 0 saturated heterocycles. The van der Waals surface area contributed by atoms with Crippen LogP contribution in [0.5, 0.6) is 5.75 Å². The van der Waals surface area contributed by atoms with Gasteiger partial charge in [-0.25, -0.2) is 0 Å². The average molecular weight is 457 g/mol. The average Bonchev–Trinajstić information content (AvgIpc) is 3.31. The summed E-state index contributed by atoms with van der Waals surface area (Å²) in [6.45, 7) is 0.757. The molecule has 2 aromatic rings. The fourth-order valence-corrected chi connectivity index (χ4v) is 4.67. The lowest BCUT2D eigenvalue weighted by Gasteiger charge is -2.26. The Kier molecular flexibility index (Phi) is 7.80. The van der Waals surface area contributed by atoms with E-state index in [0.29, 0.717) is 24.3 Å². The van der Waals surface area contributed by atoms with Gasteiger partial charge in [-0.05, 0) is 62.3 Å². The van der Waals surface area contributed by atoms with Crippen LogP contribution in [0.4, 0.5) is 11.7 Å². The maximum absolute atomic E-state index is 12.4. The number of anilines is 2. The number of carboxylic acids is 1. The van der Waals surface area contributed by atoms with Crippen LogP contribution in [0, 0.1) is 11.8 Å². The Morgan fingerprint density at radius 3 is 2.42 bits per heavy atom. The molecule has 1 aromatic heterocycles. The van der Waals surface area contributed by atoms with Crippen LogP contribution in [0.25, 0.3) is 0 Å². The lowest BCUT2D eigenvalue weighted by Crippen LogP contribution is -2.27. The molecule has 33 heavy (non-hydrogen) atoms. The number of nitrogens with zero attached hydrogens (tertiary/aromatic N) is 2. The molecule has 1 heterocycles. The van der Waals surface area contributed by atoms with E-state index in [-0.39, 0.29) is 23.9 Å². The van der Waals surface area contributed by atoms with Gasteiger partial charge in [-0.3, -0.25) is 9.59 Å². The summed E-state index contributed by atoms with van der Waals surface area (Å²) in [5, 5.41) is 22.7. The Bertz CT molecular complexity index is 915. The number of nitrogens with one attached hydrogen (secondary N) is 2. The molecule has 0 atom stereocenters. The molecule has 0 spiro atoms. The number of carboxylic acid groups (broad SMARTS) is 1. The Labute approximate surface area is 193 Å². The number of hydrogen-bond acceptors (Lipinski definition) is 7. The SMILES string of the molecule is O=C(Nc1ccc(OC2CCC(C(=O)O)CC2)cc1)c1nnc(NCCC2CCCCC2)o1. The first-order valence-electron chi connectivity index (χ1n) is 11.9. The van der Waals surface area contributed by atoms with E-state index in [2.05, 4.69) is 20.8 Å². The fraction of sp³-hybridized carbons (Fsp3) is 0.583. The predicted molar refractivity (Wildman–Crippen MR) is 122 cm³/mol. The van der Waals surface area contributed by atoms with E-state index < -0.39 is 11.9 Å². The summed E-state index contributed by atoms with van der Waals surface area (Å²) in [5.41, 5.74) is 0.590. The molecule has 2 fully saturated rings. The standard InChI is InChI=1S/C24H32N4O5/c29-21(22-27-28-24(33-22)25-15-14-16-4-2-1-3-5-16)26-18-8-12-20(13-9-18)32-19-10-6-17(7-11-19)23(30)31/h8-9,12-13,16-17,19H,1-7,10-11,14-15H2,(H,25,28)(H,26,29)(H,30,31). The van der Waals surface area contributed by atoms with Crippen LogP contribution in [-0.4, -0.2) is 39.8 Å². The van der Waals surface area contributed by atoms with Crippen molar-refractivity contribution in [2.45, 2.75) is 70.3 Å². The maximum atomic E-state index is 12.4. The maximum Gasteiger partial charge on any atom is 0.315 e. The Balaban J connectivity index is 1.20. The highest BCUT2D eigenvalue weighted by Gasteiger charge is 2.27. The van der Waals surface area contributed by atoms with Crippen molar-refractivity contribution in [1.82, 2.24) is 10.2 Å². The van der Waals surface area contributed by atoms with E-state index in [1.54, 1.807) is 24.3 Å². The van der Waals surface area contributed by atoms with Crippen molar-refractivity contribution >= 4 is 23.6 Å². The molecule has 2 saturated carbocycles. The van der Waals surface area contributed by atoms with Gasteiger partial charge in [0.2, 0.25) is 0 Å². The van der Waals surface area contributed by atoms with E-state index in [1.165, 1.54) is 32.1 Å². The van der Waals surface area contributed by atoms with Crippen molar-refractivity contribution in [3.63, 3.8) is 0 Å². The van der Waals surface area contributed by atoms with Gasteiger partial charge in [-0.15, -0.1) is 5.10 Å². The number of ether oxygens (including phenoxy) is 1. The second-order valence-electron chi connectivity index (χ2n) is 9.04. The molecule has 2 aliphatic rings. The minimum Gasteiger partial charge on any atom is -0.490 e. The molecule has 1 aromatic carbocycles. The van der Waals surface area contributed by atoms with Gasteiger partial charge in [-0.1, -0.05) is 37.2 Å². The van der Waals surface area contributed by atoms with Crippen LogP contribution in [-0.2, 0) is 4.79 Å². The second kappa shape index (κ2) is 11.2. The molecule has 3 N–H and O–H groups in total. The monoisotopic (exact) mass is 456 g/mol. The largest absolute Gasteiger partial charge is 0.490 e. The molecule has 0 aliphatic heterocycles. The summed E-state index contributed by atoms with van der Waals surface area (Å²) in [5.74, 6) is -0.108. The molecule has 9 heteroatoms. The Hall–Kier alpha value is -3.10. The number of amides is 1. The van der Waals surface area contributed by atoms with Crippen LogP contribution in [0.1, 0.15) is 74.9 Å². The predicted octanol–water partition coefficient (Wildman–Crippen LogP) is 4.73. The zero-order valence-corrected chi connectivity index (χ0v) is 18.8. The summed E-state index contributed by atoms with van der Waals surface area (Å²) in [7, 11) is 0. The summed E-state index contributed by atoms with van der Waals surface area (Å²) in [6, 6.07) is 7.32. The molecular weight excluding hydrogens is 424 g/mol. The van der Waals surface area contributed by atoms with Gasteiger partial charge in [0.25, 0.3) is 0 Å². The highest BCUT2D eigenvalue weighted by molar-refractivity contribution is 6.00. The molecule has 4 rings (SSSR count). The zero-order chi connectivity index (χ0) is 23.0. The van der Waals surface area contributed by atoms with Crippen molar-refractivity contribution in [1.29, 1.82) is 0 Å². The number of hydrogen-bond donors (Lipinski definition) is 3. The number of aliphatic carboxylic acids is 1. The van der Waals surface area contributed by atoms with Crippen molar-refractivity contribution in [2.75, 3.05) is 17.2 Å². The number of carbonyl (C=O) groups excluding carboxylic acids is 1. The number of aromatic nitrogens is 2. The first kappa shape index (κ1) is 23.1. The number of benzene rings is 1. The zero-order valence-electron chi connectivity index (χ0n) is 18.8. The van der Waals surface area contributed by atoms with Gasteiger partial charge < -0.3 is 24.9 Å². The van der Waals surface area contributed by atoms with E-state index in [9.17, 15) is 9.59 Å². The third-order valence-corrected chi connectivity index (χ3v) is 6.61. The van der Waals surface area contributed by atoms with Crippen molar-refractivity contribution in [3.8, 4) is 5.75 Å². The van der Waals surface area contributed by atoms with Crippen molar-refractivity contribution < 1.29 is 23.8 Å². The summed E-state index contributed by atoms with van der Waals surface area (Å²) in [6.07, 6.45) is 10.4. The first-order valence-corrected chi connectivity index (χ1v) is 11.9. The molecule has 2 aliphatic carbocycles. The van der Waals surface area contributed by atoms with Crippen LogP contribution in [0.15, 0.2) is 28.7 Å². The summed E-state index contributed by atoms with van der Waals surface area (Å²) in [4.78, 5) is 23.5. The lowest BCUT2D eigenvalue weighted by atomic mass is 9.87. The first-order chi connectivity index (χ1) is 16.1. The quantitative estimate of drug-likeness (QED) is 0.494. The van der Waals surface area contributed by atoms with E-state index in [1.807, 2.05) is 0 Å². The number of carbonyl (C=O) groups is 2. The van der Waals surface area contributed by atoms with Gasteiger partial charge in [0.1, 0.15) is 5.75 Å². The molecule has 1 amide bonds. The van der Waals surface area contributed by atoms with Gasteiger partial charge in [0, 0.05) is 12.2 Å². The molecule has 0 radical (unpaired) electrons. The minimum atomic E-state index is -0.725. The Morgan fingerprint density at radius 1 is 1.00 bits per heavy atom. The van der Waals surface area contributed by atoms with Gasteiger partial charge >= 0.3 is 23.8 Å². The smallest absolute Gasteiger partial charge is 0.315 e. The normalized spacial score (nSPS) is 21.3. The molecular formula is C24H32N4O5. The minimum absolute atomic E-state index is 0.0171.